The summed E-state index contributed by atoms with van der Waals surface area (Å²) in [6.45, 7) is 0. The lowest BCUT2D eigenvalue weighted by molar-refractivity contribution is 0.673. The van der Waals surface area contributed by atoms with E-state index in [4.69, 9.17) is 14.4 Å². The molecule has 0 fully saturated rings. The predicted octanol–water partition coefficient (Wildman–Crippen LogP) is 14.2. The van der Waals surface area contributed by atoms with Gasteiger partial charge in [-0.2, -0.15) is 0 Å². The molecule has 59 heavy (non-hydrogen) atoms. The van der Waals surface area contributed by atoms with Gasteiger partial charge in [0.2, 0.25) is 5.95 Å². The monoisotopic (exact) mass is 752 g/mol. The van der Waals surface area contributed by atoms with Crippen molar-refractivity contribution in [2.24, 2.45) is 0 Å². The van der Waals surface area contributed by atoms with Gasteiger partial charge in [-0.25, -0.2) is 9.97 Å². The number of benzene rings is 9. The van der Waals surface area contributed by atoms with Crippen molar-refractivity contribution in [1.29, 1.82) is 0 Å². The maximum atomic E-state index is 6.79. The highest BCUT2D eigenvalue weighted by Crippen LogP contribution is 2.45. The normalized spacial score (nSPS) is 12.1. The molecule has 0 unspecified atom stereocenters. The summed E-state index contributed by atoms with van der Waals surface area (Å²) in [6.07, 6.45) is 0. The zero-order chi connectivity index (χ0) is 38.6. The third-order valence-electron chi connectivity index (χ3n) is 12.1. The van der Waals surface area contributed by atoms with Gasteiger partial charge in [0.25, 0.3) is 0 Å². The Hall–Kier alpha value is -8.02. The van der Waals surface area contributed by atoms with Crippen molar-refractivity contribution in [3.8, 4) is 34.0 Å². The predicted molar refractivity (Wildman–Crippen MR) is 244 cm³/mol. The van der Waals surface area contributed by atoms with Crippen LogP contribution in [-0.2, 0) is 0 Å². The quantitative estimate of drug-likeness (QED) is 0.168. The molecule has 13 rings (SSSR count). The minimum absolute atomic E-state index is 0.622. The Bertz CT molecular complexity index is 3820. The topological polar surface area (TPSA) is 48.8 Å². The van der Waals surface area contributed by atoms with Crippen LogP contribution in [0.15, 0.2) is 199 Å². The summed E-state index contributed by atoms with van der Waals surface area (Å²) < 4.78 is 11.5. The fourth-order valence-electron chi connectivity index (χ4n) is 9.49. The van der Waals surface area contributed by atoms with Crippen LogP contribution in [0.2, 0.25) is 0 Å². The molecule has 0 amide bonds. The molecule has 0 radical (unpaired) electrons. The number of para-hydroxylation sites is 2. The lowest BCUT2D eigenvalue weighted by Gasteiger charge is -2.15. The third-order valence-corrected chi connectivity index (χ3v) is 12.1. The molecule has 0 aliphatic heterocycles. The van der Waals surface area contributed by atoms with Gasteiger partial charge >= 0.3 is 0 Å². The van der Waals surface area contributed by atoms with Crippen LogP contribution in [0.3, 0.4) is 0 Å². The number of nitrogens with zero attached hydrogens (tertiary/aromatic N) is 4. The van der Waals surface area contributed by atoms with Crippen molar-refractivity contribution in [2.75, 3.05) is 0 Å². The standard InChI is InChI=1S/C54H32N4O/c1-3-13-33(14-4-1)34-23-26-37(27-24-34)57-46-32-31-42-40-20-10-12-22-47(40)59-53(42)48(46)43-30-29-41-39-19-9-11-21-45(39)58(51(41)52(43)57)54-55-49(36-16-5-2-6-17-36)44-28-25-35-15-7-8-18-38(35)50(44)56-54/h1-32H. The number of hydrogen-bond donors (Lipinski definition) is 0. The Balaban J connectivity index is 1.21. The molecule has 0 N–H and O–H groups in total. The first kappa shape index (κ1) is 32.1. The Morgan fingerprint density at radius 3 is 1.83 bits per heavy atom. The van der Waals surface area contributed by atoms with Crippen LogP contribution in [0.4, 0.5) is 0 Å². The van der Waals surface area contributed by atoms with Crippen LogP contribution in [0.5, 0.6) is 0 Å². The molecule has 4 aromatic heterocycles. The highest BCUT2D eigenvalue weighted by molar-refractivity contribution is 6.29. The molecule has 0 spiro atoms. The second-order valence-corrected chi connectivity index (χ2v) is 15.3. The summed E-state index contributed by atoms with van der Waals surface area (Å²) in [5.41, 5.74) is 12.2. The van der Waals surface area contributed by atoms with Crippen LogP contribution < -0.4 is 0 Å². The van der Waals surface area contributed by atoms with Crippen LogP contribution >= 0.6 is 0 Å². The Morgan fingerprint density at radius 1 is 0.373 bits per heavy atom. The van der Waals surface area contributed by atoms with Crippen molar-refractivity contribution in [1.82, 2.24) is 19.1 Å². The van der Waals surface area contributed by atoms with Gasteiger partial charge in [-0.05, 0) is 59.0 Å². The Morgan fingerprint density at radius 2 is 1.00 bits per heavy atom. The fraction of sp³-hybridized carbons (Fsp3) is 0. The van der Waals surface area contributed by atoms with Crippen molar-refractivity contribution >= 4 is 87.2 Å². The average molecular weight is 753 g/mol. The van der Waals surface area contributed by atoms with Gasteiger partial charge in [-0.1, -0.05) is 152 Å². The van der Waals surface area contributed by atoms with E-state index in [1.54, 1.807) is 0 Å². The molecule has 274 valence electrons. The average Bonchev–Trinajstić information content (AvgIpc) is 3.97. The summed E-state index contributed by atoms with van der Waals surface area (Å²) >= 11 is 0. The third kappa shape index (κ3) is 4.61. The van der Waals surface area contributed by atoms with E-state index in [-0.39, 0.29) is 0 Å². The van der Waals surface area contributed by atoms with Gasteiger partial charge in [-0.3, -0.25) is 4.57 Å². The molecule has 5 heteroatoms. The molecular weight excluding hydrogens is 721 g/mol. The highest BCUT2D eigenvalue weighted by Gasteiger charge is 2.25. The Kier molecular flexibility index (Phi) is 6.66. The summed E-state index contributed by atoms with van der Waals surface area (Å²) in [6, 6.07) is 68.8. The van der Waals surface area contributed by atoms with Crippen LogP contribution in [-0.4, -0.2) is 19.1 Å². The molecule has 0 aliphatic rings. The molecule has 0 bridgehead atoms. The molecule has 0 atom stereocenters. The van der Waals surface area contributed by atoms with Crippen LogP contribution in [0.25, 0.3) is 121 Å². The zero-order valence-corrected chi connectivity index (χ0v) is 31.7. The van der Waals surface area contributed by atoms with Gasteiger partial charge in [-0.15, -0.1) is 0 Å². The SMILES string of the molecule is c1ccc(-c2ccc(-n3c4ccc5c6ccccc6oc5c4c4ccc5c6ccccc6n(-c6nc(-c7ccccc7)c7ccc8ccccc8c7n6)c5c43)cc2)cc1. The smallest absolute Gasteiger partial charge is 0.235 e. The van der Waals surface area contributed by atoms with E-state index in [1.165, 1.54) is 11.1 Å². The fourth-order valence-corrected chi connectivity index (χ4v) is 9.49. The Labute approximate surface area is 337 Å². The van der Waals surface area contributed by atoms with Gasteiger partial charge < -0.3 is 8.98 Å². The van der Waals surface area contributed by atoms with Crippen molar-refractivity contribution in [2.45, 2.75) is 0 Å². The van der Waals surface area contributed by atoms with Gasteiger partial charge in [0.05, 0.1) is 38.7 Å². The molecule has 9 aromatic carbocycles. The maximum Gasteiger partial charge on any atom is 0.235 e. The molecule has 0 aliphatic carbocycles. The molecule has 0 saturated carbocycles. The first-order chi connectivity index (χ1) is 29.3. The summed E-state index contributed by atoms with van der Waals surface area (Å²) in [7, 11) is 0. The van der Waals surface area contributed by atoms with E-state index in [0.717, 1.165) is 104 Å². The summed E-state index contributed by atoms with van der Waals surface area (Å²) in [4.78, 5) is 11.1. The van der Waals surface area contributed by atoms with Gasteiger partial charge in [0.1, 0.15) is 11.2 Å². The zero-order valence-electron chi connectivity index (χ0n) is 31.7. The summed E-state index contributed by atoms with van der Waals surface area (Å²) in [5.74, 6) is 0.622. The minimum atomic E-state index is 0.622. The van der Waals surface area contributed by atoms with Crippen LogP contribution in [0.1, 0.15) is 0 Å². The molecule has 5 nitrogen and oxygen atoms in total. The lowest BCUT2D eigenvalue weighted by Crippen LogP contribution is -2.05. The van der Waals surface area contributed by atoms with Gasteiger partial charge in [0, 0.05) is 49.0 Å². The second-order valence-electron chi connectivity index (χ2n) is 15.3. The van der Waals surface area contributed by atoms with E-state index in [1.807, 2.05) is 6.07 Å². The lowest BCUT2D eigenvalue weighted by atomic mass is 10.0. The number of hydrogen-bond acceptors (Lipinski definition) is 3. The molecular formula is C54H32N4O. The van der Waals surface area contributed by atoms with Crippen molar-refractivity contribution < 1.29 is 4.42 Å². The molecule has 13 aromatic rings. The van der Waals surface area contributed by atoms with E-state index in [0.29, 0.717) is 5.95 Å². The van der Waals surface area contributed by atoms with E-state index in [9.17, 15) is 0 Å². The number of fused-ring (bicyclic) bond motifs is 14. The second kappa shape index (κ2) is 12.2. The highest BCUT2D eigenvalue weighted by atomic mass is 16.3. The van der Waals surface area contributed by atoms with E-state index < -0.39 is 0 Å². The maximum absolute atomic E-state index is 6.79. The van der Waals surface area contributed by atoms with Crippen LogP contribution in [0, 0.1) is 0 Å². The number of aromatic nitrogens is 4. The van der Waals surface area contributed by atoms with E-state index >= 15 is 0 Å². The van der Waals surface area contributed by atoms with Crippen molar-refractivity contribution in [3.63, 3.8) is 0 Å². The largest absolute Gasteiger partial charge is 0.455 e. The molecule has 4 heterocycles. The minimum Gasteiger partial charge on any atom is -0.455 e. The molecule has 0 saturated heterocycles. The summed E-state index contributed by atoms with van der Waals surface area (Å²) in [5, 5.41) is 9.91. The number of rotatable bonds is 4. The first-order valence-corrected chi connectivity index (χ1v) is 20.0. The first-order valence-electron chi connectivity index (χ1n) is 20.0. The van der Waals surface area contributed by atoms with Gasteiger partial charge in [0.15, 0.2) is 0 Å². The van der Waals surface area contributed by atoms with E-state index in [2.05, 4.69) is 197 Å². The van der Waals surface area contributed by atoms with Crippen molar-refractivity contribution in [3.05, 3.63) is 194 Å². The number of furan rings is 1.